The third-order valence-corrected chi connectivity index (χ3v) is 2.19. The van der Waals surface area contributed by atoms with Gasteiger partial charge in [0.05, 0.1) is 24.4 Å². The molecule has 0 aliphatic carbocycles. The van der Waals surface area contributed by atoms with Gasteiger partial charge in [-0.05, 0) is 32.4 Å². The minimum Gasteiger partial charge on any atom is -0.489 e. The fourth-order valence-electron chi connectivity index (χ4n) is 1.45. The number of aromatic nitrogens is 1. The number of nitrogens with zero attached hydrogens (tertiary/aromatic N) is 1. The monoisotopic (exact) mass is 224 g/mol. The fourth-order valence-corrected chi connectivity index (χ4v) is 1.45. The highest BCUT2D eigenvalue weighted by atomic mass is 16.5. The Balaban J connectivity index is 2.89. The standard InChI is InChI=1S/C12H20N2O2/c1-9(2)16-11-5-10(6-14-7-11)12(3,13)8-15-4/h5-7,9H,8,13H2,1-4H3. The quantitative estimate of drug-likeness (QED) is 0.827. The van der Waals surface area contributed by atoms with Crippen LogP contribution in [0.3, 0.4) is 0 Å². The highest BCUT2D eigenvalue weighted by Gasteiger charge is 2.22. The molecule has 16 heavy (non-hydrogen) atoms. The predicted octanol–water partition coefficient (Wildman–Crippen LogP) is 1.69. The maximum absolute atomic E-state index is 6.13. The van der Waals surface area contributed by atoms with E-state index >= 15 is 0 Å². The number of ether oxygens (including phenoxy) is 2. The van der Waals surface area contributed by atoms with Crippen LogP contribution in [0, 0.1) is 0 Å². The van der Waals surface area contributed by atoms with Crippen LogP contribution in [0.2, 0.25) is 0 Å². The first-order valence-electron chi connectivity index (χ1n) is 5.35. The van der Waals surface area contributed by atoms with Gasteiger partial charge in [-0.15, -0.1) is 0 Å². The molecule has 0 aliphatic rings. The normalized spacial score (nSPS) is 14.9. The first-order chi connectivity index (χ1) is 7.45. The summed E-state index contributed by atoms with van der Waals surface area (Å²) in [5.74, 6) is 0.736. The van der Waals surface area contributed by atoms with Gasteiger partial charge in [-0.2, -0.15) is 0 Å². The lowest BCUT2D eigenvalue weighted by Crippen LogP contribution is -2.37. The zero-order chi connectivity index (χ0) is 12.2. The molecule has 0 amide bonds. The van der Waals surface area contributed by atoms with Crippen LogP contribution >= 0.6 is 0 Å². The number of nitrogens with two attached hydrogens (primary N) is 1. The molecular weight excluding hydrogens is 204 g/mol. The van der Waals surface area contributed by atoms with Crippen LogP contribution in [0.4, 0.5) is 0 Å². The summed E-state index contributed by atoms with van der Waals surface area (Å²) in [6.45, 7) is 6.30. The lowest BCUT2D eigenvalue weighted by atomic mass is 9.96. The van der Waals surface area contributed by atoms with Crippen molar-refractivity contribution in [3.05, 3.63) is 24.0 Å². The molecule has 4 heteroatoms. The molecule has 0 aromatic carbocycles. The van der Waals surface area contributed by atoms with Gasteiger partial charge in [0.15, 0.2) is 0 Å². The second-order valence-electron chi connectivity index (χ2n) is 4.43. The minimum atomic E-state index is -0.544. The van der Waals surface area contributed by atoms with E-state index in [1.807, 2.05) is 26.8 Å². The Morgan fingerprint density at radius 1 is 1.44 bits per heavy atom. The lowest BCUT2D eigenvalue weighted by Gasteiger charge is -2.24. The van der Waals surface area contributed by atoms with E-state index in [0.717, 1.165) is 11.3 Å². The SMILES string of the molecule is COCC(C)(N)c1cncc(OC(C)C)c1. The van der Waals surface area contributed by atoms with Crippen LogP contribution in [0.5, 0.6) is 5.75 Å². The molecule has 0 spiro atoms. The Bertz CT molecular complexity index is 338. The summed E-state index contributed by atoms with van der Waals surface area (Å²) in [5.41, 5.74) is 6.49. The van der Waals surface area contributed by atoms with E-state index in [1.54, 1.807) is 19.5 Å². The number of pyridine rings is 1. The molecule has 1 rings (SSSR count). The Morgan fingerprint density at radius 3 is 2.69 bits per heavy atom. The second kappa shape index (κ2) is 5.27. The molecule has 1 unspecified atom stereocenters. The van der Waals surface area contributed by atoms with Gasteiger partial charge in [0.25, 0.3) is 0 Å². The van der Waals surface area contributed by atoms with Crippen LogP contribution < -0.4 is 10.5 Å². The number of rotatable bonds is 5. The van der Waals surface area contributed by atoms with E-state index in [2.05, 4.69) is 4.98 Å². The van der Waals surface area contributed by atoms with Gasteiger partial charge in [-0.25, -0.2) is 0 Å². The average Bonchev–Trinajstić information content (AvgIpc) is 2.17. The molecular formula is C12H20N2O2. The summed E-state index contributed by atoms with van der Waals surface area (Å²) < 4.78 is 10.7. The molecule has 0 aliphatic heterocycles. The predicted molar refractivity (Wildman–Crippen MR) is 63.4 cm³/mol. The van der Waals surface area contributed by atoms with Gasteiger partial charge in [-0.3, -0.25) is 4.98 Å². The largest absolute Gasteiger partial charge is 0.489 e. The average molecular weight is 224 g/mol. The summed E-state index contributed by atoms with van der Waals surface area (Å²) in [5, 5.41) is 0. The van der Waals surface area contributed by atoms with Crippen molar-refractivity contribution in [1.29, 1.82) is 0 Å². The van der Waals surface area contributed by atoms with Crippen LogP contribution in [0.15, 0.2) is 18.5 Å². The first-order valence-corrected chi connectivity index (χ1v) is 5.35. The molecule has 1 aromatic rings. The van der Waals surface area contributed by atoms with E-state index < -0.39 is 5.54 Å². The van der Waals surface area contributed by atoms with Gasteiger partial charge < -0.3 is 15.2 Å². The third kappa shape index (κ3) is 3.47. The van der Waals surface area contributed by atoms with Crippen molar-refractivity contribution in [2.75, 3.05) is 13.7 Å². The molecule has 0 fully saturated rings. The molecule has 1 heterocycles. The summed E-state index contributed by atoms with van der Waals surface area (Å²) in [4.78, 5) is 4.13. The van der Waals surface area contributed by atoms with E-state index in [-0.39, 0.29) is 6.10 Å². The lowest BCUT2D eigenvalue weighted by molar-refractivity contribution is 0.140. The van der Waals surface area contributed by atoms with Crippen molar-refractivity contribution in [3.8, 4) is 5.75 Å². The van der Waals surface area contributed by atoms with Gasteiger partial charge >= 0.3 is 0 Å². The molecule has 90 valence electrons. The Kier molecular flexibility index (Phi) is 4.26. The number of hydrogen-bond acceptors (Lipinski definition) is 4. The van der Waals surface area contributed by atoms with Crippen LogP contribution in [-0.4, -0.2) is 24.8 Å². The Morgan fingerprint density at radius 2 is 2.12 bits per heavy atom. The summed E-state index contributed by atoms with van der Waals surface area (Å²) >= 11 is 0. The topological polar surface area (TPSA) is 57.4 Å². The van der Waals surface area contributed by atoms with E-state index in [4.69, 9.17) is 15.2 Å². The van der Waals surface area contributed by atoms with E-state index in [0.29, 0.717) is 6.61 Å². The zero-order valence-corrected chi connectivity index (χ0v) is 10.4. The summed E-state index contributed by atoms with van der Waals surface area (Å²) in [7, 11) is 1.63. The molecule has 0 radical (unpaired) electrons. The van der Waals surface area contributed by atoms with Crippen molar-refractivity contribution in [3.63, 3.8) is 0 Å². The highest BCUT2D eigenvalue weighted by Crippen LogP contribution is 2.21. The van der Waals surface area contributed by atoms with Crippen LogP contribution in [-0.2, 0) is 10.3 Å². The fraction of sp³-hybridized carbons (Fsp3) is 0.583. The molecule has 2 N–H and O–H groups in total. The maximum atomic E-state index is 6.13. The van der Waals surface area contributed by atoms with Gasteiger partial charge in [0.2, 0.25) is 0 Å². The van der Waals surface area contributed by atoms with Crippen molar-refractivity contribution >= 4 is 0 Å². The molecule has 0 bridgehead atoms. The van der Waals surface area contributed by atoms with Gasteiger partial charge in [0, 0.05) is 13.3 Å². The summed E-state index contributed by atoms with van der Waals surface area (Å²) in [6, 6.07) is 1.91. The molecule has 4 nitrogen and oxygen atoms in total. The summed E-state index contributed by atoms with van der Waals surface area (Å²) in [6.07, 6.45) is 3.56. The molecule has 1 atom stereocenters. The number of hydrogen-bond donors (Lipinski definition) is 1. The van der Waals surface area contributed by atoms with Crippen molar-refractivity contribution in [2.45, 2.75) is 32.4 Å². The van der Waals surface area contributed by atoms with E-state index in [1.165, 1.54) is 0 Å². The van der Waals surface area contributed by atoms with Gasteiger partial charge in [0.1, 0.15) is 5.75 Å². The third-order valence-electron chi connectivity index (χ3n) is 2.19. The van der Waals surface area contributed by atoms with E-state index in [9.17, 15) is 0 Å². The Labute approximate surface area is 96.8 Å². The van der Waals surface area contributed by atoms with Gasteiger partial charge in [-0.1, -0.05) is 0 Å². The highest BCUT2D eigenvalue weighted by molar-refractivity contribution is 5.28. The van der Waals surface area contributed by atoms with Crippen molar-refractivity contribution in [2.24, 2.45) is 5.73 Å². The zero-order valence-electron chi connectivity index (χ0n) is 10.4. The second-order valence-corrected chi connectivity index (χ2v) is 4.43. The minimum absolute atomic E-state index is 0.128. The van der Waals surface area contributed by atoms with Crippen LogP contribution in [0.1, 0.15) is 26.3 Å². The molecule has 0 saturated heterocycles. The number of methoxy groups -OCH3 is 1. The molecule has 1 aromatic heterocycles. The van der Waals surface area contributed by atoms with Crippen LogP contribution in [0.25, 0.3) is 0 Å². The van der Waals surface area contributed by atoms with Crippen molar-refractivity contribution in [1.82, 2.24) is 4.98 Å². The van der Waals surface area contributed by atoms with Crippen molar-refractivity contribution < 1.29 is 9.47 Å². The molecule has 0 saturated carbocycles. The Hall–Kier alpha value is -1.13. The smallest absolute Gasteiger partial charge is 0.138 e. The maximum Gasteiger partial charge on any atom is 0.138 e. The first kappa shape index (κ1) is 12.9.